The van der Waals surface area contributed by atoms with Crippen LogP contribution in [0.4, 0.5) is 0 Å². The fourth-order valence-corrected chi connectivity index (χ4v) is 2.83. The molecule has 0 bridgehead atoms. The fourth-order valence-electron chi connectivity index (χ4n) is 2.83. The van der Waals surface area contributed by atoms with E-state index in [9.17, 15) is 0 Å². The van der Waals surface area contributed by atoms with Crippen LogP contribution in [0.3, 0.4) is 0 Å². The first-order valence-corrected chi connectivity index (χ1v) is 7.60. The van der Waals surface area contributed by atoms with Gasteiger partial charge in [-0.1, -0.05) is 37.5 Å². The molecular formula is C17H27NO. The Balaban J connectivity index is 1.74. The van der Waals surface area contributed by atoms with Crippen molar-refractivity contribution in [3.8, 4) is 5.75 Å². The number of hydrogen-bond donors (Lipinski definition) is 1. The quantitative estimate of drug-likeness (QED) is 0.867. The molecule has 1 aliphatic rings. The van der Waals surface area contributed by atoms with Gasteiger partial charge in [0.25, 0.3) is 0 Å². The topological polar surface area (TPSA) is 21.3 Å². The number of ether oxygens (including phenoxy) is 1. The molecule has 1 aromatic rings. The highest BCUT2D eigenvalue weighted by Gasteiger charge is 2.22. The van der Waals surface area contributed by atoms with Gasteiger partial charge in [0.2, 0.25) is 0 Å². The highest BCUT2D eigenvalue weighted by molar-refractivity contribution is 5.26. The molecule has 1 aromatic carbocycles. The predicted octanol–water partition coefficient (Wildman–Crippen LogP) is 3.93. The molecule has 1 aliphatic carbocycles. The van der Waals surface area contributed by atoms with Gasteiger partial charge in [0.1, 0.15) is 12.4 Å². The Bertz CT molecular complexity index is 373. The van der Waals surface area contributed by atoms with Crippen molar-refractivity contribution >= 4 is 0 Å². The first-order chi connectivity index (χ1) is 9.15. The summed E-state index contributed by atoms with van der Waals surface area (Å²) in [6.07, 6.45) is 5.44. The SMILES string of the molecule is Cc1ccc(OCC(C)NC2CCCCC2C)cc1. The van der Waals surface area contributed by atoms with E-state index in [1.165, 1.54) is 31.2 Å². The average Bonchev–Trinajstić information content (AvgIpc) is 2.41. The van der Waals surface area contributed by atoms with E-state index in [2.05, 4.69) is 38.2 Å². The molecule has 0 saturated heterocycles. The van der Waals surface area contributed by atoms with Crippen LogP contribution in [0, 0.1) is 12.8 Å². The number of aryl methyl sites for hydroxylation is 1. The van der Waals surface area contributed by atoms with E-state index in [1.807, 2.05) is 12.1 Å². The van der Waals surface area contributed by atoms with Crippen molar-refractivity contribution in [2.45, 2.75) is 58.5 Å². The molecule has 2 rings (SSSR count). The lowest BCUT2D eigenvalue weighted by Gasteiger charge is -2.32. The van der Waals surface area contributed by atoms with Crippen molar-refractivity contribution in [2.24, 2.45) is 5.92 Å². The summed E-state index contributed by atoms with van der Waals surface area (Å²) in [4.78, 5) is 0. The van der Waals surface area contributed by atoms with Crippen molar-refractivity contribution in [3.05, 3.63) is 29.8 Å². The van der Waals surface area contributed by atoms with E-state index in [0.29, 0.717) is 12.1 Å². The average molecular weight is 261 g/mol. The van der Waals surface area contributed by atoms with E-state index in [1.54, 1.807) is 0 Å². The second kappa shape index (κ2) is 6.95. The van der Waals surface area contributed by atoms with E-state index in [0.717, 1.165) is 18.3 Å². The maximum absolute atomic E-state index is 5.84. The first-order valence-electron chi connectivity index (χ1n) is 7.60. The Morgan fingerprint density at radius 3 is 2.58 bits per heavy atom. The summed E-state index contributed by atoms with van der Waals surface area (Å²) in [5.41, 5.74) is 1.27. The van der Waals surface area contributed by atoms with Crippen LogP contribution in [-0.2, 0) is 0 Å². The summed E-state index contributed by atoms with van der Waals surface area (Å²) < 4.78 is 5.84. The third-order valence-electron chi connectivity index (χ3n) is 4.13. The van der Waals surface area contributed by atoms with Crippen LogP contribution in [-0.4, -0.2) is 18.7 Å². The maximum Gasteiger partial charge on any atom is 0.119 e. The lowest BCUT2D eigenvalue weighted by Crippen LogP contribution is -2.44. The van der Waals surface area contributed by atoms with Crippen LogP contribution in [0.5, 0.6) is 5.75 Å². The van der Waals surface area contributed by atoms with E-state index in [-0.39, 0.29) is 0 Å². The van der Waals surface area contributed by atoms with Crippen LogP contribution < -0.4 is 10.1 Å². The number of rotatable bonds is 5. The predicted molar refractivity (Wildman–Crippen MR) is 80.7 cm³/mol. The van der Waals surface area contributed by atoms with Gasteiger partial charge in [-0.2, -0.15) is 0 Å². The molecule has 0 amide bonds. The summed E-state index contributed by atoms with van der Waals surface area (Å²) in [5, 5.41) is 3.73. The summed E-state index contributed by atoms with van der Waals surface area (Å²) >= 11 is 0. The van der Waals surface area contributed by atoms with Crippen LogP contribution in [0.1, 0.15) is 45.1 Å². The summed E-state index contributed by atoms with van der Waals surface area (Å²) in [6, 6.07) is 9.36. The molecule has 0 heterocycles. The lowest BCUT2D eigenvalue weighted by molar-refractivity contribution is 0.216. The van der Waals surface area contributed by atoms with Gasteiger partial charge in [0, 0.05) is 12.1 Å². The van der Waals surface area contributed by atoms with Crippen molar-refractivity contribution in [1.29, 1.82) is 0 Å². The molecule has 0 spiro atoms. The summed E-state index contributed by atoms with van der Waals surface area (Å²) in [6.45, 7) is 7.42. The van der Waals surface area contributed by atoms with Crippen molar-refractivity contribution < 1.29 is 4.74 Å². The van der Waals surface area contributed by atoms with Crippen molar-refractivity contribution in [1.82, 2.24) is 5.32 Å². The van der Waals surface area contributed by atoms with Gasteiger partial charge in [-0.05, 0) is 44.7 Å². The molecule has 0 radical (unpaired) electrons. The van der Waals surface area contributed by atoms with E-state index < -0.39 is 0 Å². The van der Waals surface area contributed by atoms with Crippen molar-refractivity contribution in [2.75, 3.05) is 6.61 Å². The molecule has 0 aromatic heterocycles. The molecule has 3 unspecified atom stereocenters. The Hall–Kier alpha value is -1.02. The Morgan fingerprint density at radius 2 is 1.89 bits per heavy atom. The Morgan fingerprint density at radius 1 is 1.21 bits per heavy atom. The number of benzene rings is 1. The minimum absolute atomic E-state index is 0.409. The molecule has 3 atom stereocenters. The molecule has 1 fully saturated rings. The number of nitrogens with one attached hydrogen (secondary N) is 1. The minimum Gasteiger partial charge on any atom is -0.492 e. The molecular weight excluding hydrogens is 234 g/mol. The Labute approximate surface area is 117 Å². The summed E-state index contributed by atoms with van der Waals surface area (Å²) in [5.74, 6) is 1.77. The third-order valence-corrected chi connectivity index (χ3v) is 4.13. The standard InChI is InChI=1S/C17H27NO/c1-13-8-10-16(11-9-13)19-12-15(3)18-17-7-5-4-6-14(17)2/h8-11,14-15,17-18H,4-7,12H2,1-3H3. The second-order valence-electron chi connectivity index (χ2n) is 6.06. The van der Waals surface area contributed by atoms with Crippen LogP contribution in [0.15, 0.2) is 24.3 Å². The lowest BCUT2D eigenvalue weighted by atomic mass is 9.85. The van der Waals surface area contributed by atoms with Gasteiger partial charge < -0.3 is 10.1 Å². The van der Waals surface area contributed by atoms with Gasteiger partial charge in [0.05, 0.1) is 0 Å². The highest BCUT2D eigenvalue weighted by Crippen LogP contribution is 2.24. The maximum atomic E-state index is 5.84. The summed E-state index contributed by atoms with van der Waals surface area (Å²) in [7, 11) is 0. The van der Waals surface area contributed by atoms with E-state index >= 15 is 0 Å². The molecule has 19 heavy (non-hydrogen) atoms. The van der Waals surface area contributed by atoms with Crippen LogP contribution in [0.2, 0.25) is 0 Å². The van der Waals surface area contributed by atoms with Gasteiger partial charge in [-0.15, -0.1) is 0 Å². The van der Waals surface area contributed by atoms with Gasteiger partial charge in [0.15, 0.2) is 0 Å². The monoisotopic (exact) mass is 261 g/mol. The van der Waals surface area contributed by atoms with Gasteiger partial charge in [-0.3, -0.25) is 0 Å². The highest BCUT2D eigenvalue weighted by atomic mass is 16.5. The van der Waals surface area contributed by atoms with Crippen LogP contribution >= 0.6 is 0 Å². The number of hydrogen-bond acceptors (Lipinski definition) is 2. The zero-order valence-electron chi connectivity index (χ0n) is 12.5. The molecule has 2 nitrogen and oxygen atoms in total. The zero-order valence-corrected chi connectivity index (χ0v) is 12.5. The first kappa shape index (κ1) is 14.4. The zero-order chi connectivity index (χ0) is 13.7. The van der Waals surface area contributed by atoms with Crippen molar-refractivity contribution in [3.63, 3.8) is 0 Å². The minimum atomic E-state index is 0.409. The molecule has 1 saturated carbocycles. The largest absolute Gasteiger partial charge is 0.492 e. The van der Waals surface area contributed by atoms with E-state index in [4.69, 9.17) is 4.74 Å². The molecule has 106 valence electrons. The normalized spacial score (nSPS) is 25.0. The fraction of sp³-hybridized carbons (Fsp3) is 0.647. The third kappa shape index (κ3) is 4.54. The smallest absolute Gasteiger partial charge is 0.119 e. The van der Waals surface area contributed by atoms with Gasteiger partial charge in [-0.25, -0.2) is 0 Å². The molecule has 1 N–H and O–H groups in total. The Kier molecular flexibility index (Phi) is 5.26. The van der Waals surface area contributed by atoms with Crippen LogP contribution in [0.25, 0.3) is 0 Å². The second-order valence-corrected chi connectivity index (χ2v) is 6.06. The van der Waals surface area contributed by atoms with Gasteiger partial charge >= 0.3 is 0 Å². The molecule has 0 aliphatic heterocycles. The molecule has 2 heteroatoms.